The van der Waals surface area contributed by atoms with Crippen molar-refractivity contribution in [2.75, 3.05) is 6.61 Å². The molecule has 0 spiro atoms. The van der Waals surface area contributed by atoms with E-state index in [1.165, 1.54) is 12.2 Å². The van der Waals surface area contributed by atoms with Crippen LogP contribution >= 0.6 is 0 Å². The SMILES string of the molecule is CCOC(=O)OC1=CC=CC=C(OC(=O)O)C1. The predicted octanol–water partition coefficient (Wildman–Crippen LogP) is 2.58. The molecule has 1 aliphatic rings. The number of carbonyl (C=O) groups is 2. The summed E-state index contributed by atoms with van der Waals surface area (Å²) in [4.78, 5) is 21.4. The quantitative estimate of drug-likeness (QED) is 0.763. The van der Waals surface area contributed by atoms with Gasteiger partial charge in [0.15, 0.2) is 0 Å². The fourth-order valence-corrected chi connectivity index (χ4v) is 1.12. The number of carboxylic acid groups (broad SMARTS) is 1. The fourth-order valence-electron chi connectivity index (χ4n) is 1.12. The van der Waals surface area contributed by atoms with Crippen molar-refractivity contribution in [2.24, 2.45) is 0 Å². The highest BCUT2D eigenvalue weighted by molar-refractivity contribution is 5.62. The third kappa shape index (κ3) is 4.87. The minimum Gasteiger partial charge on any atom is -0.449 e. The number of ether oxygens (including phenoxy) is 3. The molecule has 1 N–H and O–H groups in total. The van der Waals surface area contributed by atoms with Crippen LogP contribution in [0.5, 0.6) is 0 Å². The molecule has 0 bridgehead atoms. The lowest BCUT2D eigenvalue weighted by atomic mass is 10.3. The van der Waals surface area contributed by atoms with Crippen molar-refractivity contribution in [2.45, 2.75) is 13.3 Å². The van der Waals surface area contributed by atoms with E-state index >= 15 is 0 Å². The van der Waals surface area contributed by atoms with Crippen LogP contribution in [0, 0.1) is 0 Å². The molecule has 0 saturated carbocycles. The molecule has 0 atom stereocenters. The van der Waals surface area contributed by atoms with Gasteiger partial charge in [0.1, 0.15) is 11.5 Å². The Hall–Kier alpha value is -2.24. The summed E-state index contributed by atoms with van der Waals surface area (Å²) in [6, 6.07) is 0. The molecule has 1 rings (SSSR count). The number of rotatable bonds is 3. The van der Waals surface area contributed by atoms with Crippen LogP contribution in [0.15, 0.2) is 35.8 Å². The first-order chi connectivity index (χ1) is 8.11. The topological polar surface area (TPSA) is 82.1 Å². The van der Waals surface area contributed by atoms with E-state index in [-0.39, 0.29) is 24.5 Å². The summed E-state index contributed by atoms with van der Waals surface area (Å²) in [5.41, 5.74) is 0. The molecule has 0 amide bonds. The minimum atomic E-state index is -1.41. The molecular formula is C11H12O6. The Labute approximate surface area is 97.8 Å². The Morgan fingerprint density at radius 2 is 1.82 bits per heavy atom. The van der Waals surface area contributed by atoms with Crippen molar-refractivity contribution < 1.29 is 28.9 Å². The zero-order valence-corrected chi connectivity index (χ0v) is 9.21. The number of hydrogen-bond acceptors (Lipinski definition) is 5. The molecule has 0 aromatic carbocycles. The molecule has 0 aromatic rings. The molecule has 0 heterocycles. The van der Waals surface area contributed by atoms with Gasteiger partial charge in [-0.3, -0.25) is 0 Å². The van der Waals surface area contributed by atoms with Crippen molar-refractivity contribution >= 4 is 12.3 Å². The Kier molecular flexibility index (Phi) is 4.80. The van der Waals surface area contributed by atoms with E-state index in [1.807, 2.05) is 0 Å². The highest BCUT2D eigenvalue weighted by Crippen LogP contribution is 2.17. The van der Waals surface area contributed by atoms with Crippen LogP contribution in [0.2, 0.25) is 0 Å². The molecule has 0 aromatic heterocycles. The first kappa shape index (κ1) is 12.8. The third-order valence-electron chi connectivity index (χ3n) is 1.72. The van der Waals surface area contributed by atoms with Crippen LogP contribution in [-0.4, -0.2) is 24.0 Å². The second-order valence-corrected chi connectivity index (χ2v) is 2.98. The Morgan fingerprint density at radius 3 is 2.35 bits per heavy atom. The monoisotopic (exact) mass is 240 g/mol. The third-order valence-corrected chi connectivity index (χ3v) is 1.72. The van der Waals surface area contributed by atoms with Crippen LogP contribution in [0.4, 0.5) is 9.59 Å². The average molecular weight is 240 g/mol. The van der Waals surface area contributed by atoms with Gasteiger partial charge in [0.25, 0.3) is 0 Å². The second kappa shape index (κ2) is 6.37. The van der Waals surface area contributed by atoms with Gasteiger partial charge in [-0.2, -0.15) is 0 Å². The number of allylic oxidation sites excluding steroid dienone is 4. The molecule has 0 radical (unpaired) electrons. The lowest BCUT2D eigenvalue weighted by molar-refractivity contribution is 0.0780. The first-order valence-corrected chi connectivity index (χ1v) is 4.93. The molecule has 92 valence electrons. The summed E-state index contributed by atoms with van der Waals surface area (Å²) in [7, 11) is 0. The maximum Gasteiger partial charge on any atom is 0.513 e. The summed E-state index contributed by atoms with van der Waals surface area (Å²) in [6.45, 7) is 1.86. The van der Waals surface area contributed by atoms with Crippen LogP contribution < -0.4 is 0 Å². The highest BCUT2D eigenvalue weighted by atomic mass is 16.7. The number of hydrogen-bond donors (Lipinski definition) is 1. The first-order valence-electron chi connectivity index (χ1n) is 4.93. The molecule has 0 unspecified atom stereocenters. The predicted molar refractivity (Wildman–Crippen MR) is 57.1 cm³/mol. The summed E-state index contributed by atoms with van der Waals surface area (Å²) in [5, 5.41) is 8.47. The van der Waals surface area contributed by atoms with Gasteiger partial charge in [0.05, 0.1) is 13.0 Å². The summed E-state index contributed by atoms with van der Waals surface area (Å²) >= 11 is 0. The van der Waals surface area contributed by atoms with Crippen molar-refractivity contribution in [3.63, 3.8) is 0 Å². The molecule has 0 saturated heterocycles. The van der Waals surface area contributed by atoms with E-state index in [9.17, 15) is 9.59 Å². The van der Waals surface area contributed by atoms with E-state index in [0.29, 0.717) is 0 Å². The minimum absolute atomic E-state index is 0.0676. The van der Waals surface area contributed by atoms with E-state index in [2.05, 4.69) is 9.47 Å². The molecule has 6 heteroatoms. The van der Waals surface area contributed by atoms with Gasteiger partial charge in [0, 0.05) is 0 Å². The van der Waals surface area contributed by atoms with E-state index < -0.39 is 12.3 Å². The van der Waals surface area contributed by atoms with Gasteiger partial charge in [-0.25, -0.2) is 9.59 Å². The normalized spacial score (nSPS) is 14.2. The molecule has 1 aliphatic carbocycles. The van der Waals surface area contributed by atoms with Crippen LogP contribution in [0.25, 0.3) is 0 Å². The van der Waals surface area contributed by atoms with Gasteiger partial charge < -0.3 is 19.3 Å². The Bertz CT molecular complexity index is 391. The zero-order chi connectivity index (χ0) is 12.7. The summed E-state index contributed by atoms with van der Waals surface area (Å²) < 4.78 is 14.0. The molecule has 0 aliphatic heterocycles. The zero-order valence-electron chi connectivity index (χ0n) is 9.21. The van der Waals surface area contributed by atoms with Gasteiger partial charge in [-0.15, -0.1) is 0 Å². The standard InChI is InChI=1S/C11H12O6/c1-2-15-11(14)17-9-6-4-3-5-8(7-9)16-10(12)13/h3-6H,2,7H2,1H3,(H,12,13). The summed E-state index contributed by atoms with van der Waals surface area (Å²) in [6.07, 6.45) is 4.02. The second-order valence-electron chi connectivity index (χ2n) is 2.98. The molecule has 17 heavy (non-hydrogen) atoms. The van der Waals surface area contributed by atoms with Gasteiger partial charge in [-0.1, -0.05) is 12.2 Å². The molecular weight excluding hydrogens is 228 g/mol. The Balaban J connectivity index is 2.60. The Morgan fingerprint density at radius 1 is 1.24 bits per heavy atom. The van der Waals surface area contributed by atoms with Crippen molar-refractivity contribution in [3.8, 4) is 0 Å². The van der Waals surface area contributed by atoms with Crippen molar-refractivity contribution in [1.82, 2.24) is 0 Å². The van der Waals surface area contributed by atoms with Gasteiger partial charge in [-0.05, 0) is 19.1 Å². The van der Waals surface area contributed by atoms with Crippen molar-refractivity contribution in [1.29, 1.82) is 0 Å². The lowest BCUT2D eigenvalue weighted by Gasteiger charge is -2.08. The van der Waals surface area contributed by atoms with Crippen molar-refractivity contribution in [3.05, 3.63) is 35.8 Å². The maximum atomic E-state index is 11.1. The molecule has 6 nitrogen and oxygen atoms in total. The van der Waals surface area contributed by atoms with E-state index in [4.69, 9.17) is 9.84 Å². The molecule has 0 fully saturated rings. The lowest BCUT2D eigenvalue weighted by Crippen LogP contribution is -2.08. The van der Waals surface area contributed by atoms with Gasteiger partial charge in [0.2, 0.25) is 0 Å². The highest BCUT2D eigenvalue weighted by Gasteiger charge is 2.13. The van der Waals surface area contributed by atoms with E-state index in [0.717, 1.165) is 0 Å². The van der Waals surface area contributed by atoms with E-state index in [1.54, 1.807) is 19.1 Å². The largest absolute Gasteiger partial charge is 0.513 e. The van der Waals surface area contributed by atoms with Gasteiger partial charge >= 0.3 is 12.3 Å². The maximum absolute atomic E-state index is 11.1. The fraction of sp³-hybridized carbons (Fsp3) is 0.273. The smallest absolute Gasteiger partial charge is 0.449 e. The van der Waals surface area contributed by atoms with Crippen LogP contribution in [-0.2, 0) is 14.2 Å². The van der Waals surface area contributed by atoms with Crippen LogP contribution in [0.1, 0.15) is 13.3 Å². The van der Waals surface area contributed by atoms with Crippen LogP contribution in [0.3, 0.4) is 0 Å². The number of carbonyl (C=O) groups excluding carboxylic acids is 1. The average Bonchev–Trinajstić information content (AvgIpc) is 2.42. The summed E-state index contributed by atoms with van der Waals surface area (Å²) in [5.74, 6) is 0.423.